The summed E-state index contributed by atoms with van der Waals surface area (Å²) in [5.41, 5.74) is 2.76. The predicted molar refractivity (Wildman–Crippen MR) is 114 cm³/mol. The molecule has 1 aliphatic rings. The molecular formula is C22H28ClF3N2O2. The zero-order valence-electron chi connectivity index (χ0n) is 17.1. The van der Waals surface area contributed by atoms with E-state index in [4.69, 9.17) is 4.74 Å². The van der Waals surface area contributed by atoms with Crippen molar-refractivity contribution >= 4 is 12.4 Å². The van der Waals surface area contributed by atoms with Crippen LogP contribution in [0.2, 0.25) is 0 Å². The van der Waals surface area contributed by atoms with Crippen molar-refractivity contribution < 1.29 is 22.6 Å². The normalized spacial score (nSPS) is 19.1. The first-order chi connectivity index (χ1) is 13.9. The summed E-state index contributed by atoms with van der Waals surface area (Å²) in [7, 11) is 3.65. The van der Waals surface area contributed by atoms with E-state index in [9.17, 15) is 13.2 Å². The molecule has 0 amide bonds. The second-order valence-electron chi connectivity index (χ2n) is 7.32. The van der Waals surface area contributed by atoms with Crippen molar-refractivity contribution in [1.29, 1.82) is 0 Å². The third kappa shape index (κ3) is 6.79. The van der Waals surface area contributed by atoms with Crippen LogP contribution in [-0.2, 0) is 6.54 Å². The molecule has 1 aliphatic carbocycles. The van der Waals surface area contributed by atoms with E-state index in [-0.39, 0.29) is 18.2 Å². The first-order valence-corrected chi connectivity index (χ1v) is 9.81. The van der Waals surface area contributed by atoms with Gasteiger partial charge in [-0.05, 0) is 68.1 Å². The number of hydrogen-bond donors (Lipinski definition) is 2. The highest BCUT2D eigenvalue weighted by Crippen LogP contribution is 2.30. The van der Waals surface area contributed by atoms with Crippen LogP contribution >= 0.6 is 12.4 Å². The van der Waals surface area contributed by atoms with Crippen LogP contribution in [0.5, 0.6) is 11.5 Å². The monoisotopic (exact) mass is 444 g/mol. The van der Waals surface area contributed by atoms with Gasteiger partial charge in [-0.2, -0.15) is 0 Å². The van der Waals surface area contributed by atoms with Gasteiger partial charge in [-0.25, -0.2) is 0 Å². The van der Waals surface area contributed by atoms with Gasteiger partial charge in [-0.15, -0.1) is 25.6 Å². The maximum Gasteiger partial charge on any atom is 0.573 e. The molecule has 2 aromatic rings. The van der Waals surface area contributed by atoms with Gasteiger partial charge in [-0.1, -0.05) is 18.2 Å². The highest BCUT2D eigenvalue weighted by atomic mass is 35.5. The van der Waals surface area contributed by atoms with Gasteiger partial charge in [0, 0.05) is 24.2 Å². The van der Waals surface area contributed by atoms with E-state index in [1.165, 1.54) is 12.1 Å². The van der Waals surface area contributed by atoms with Crippen molar-refractivity contribution in [2.45, 2.75) is 50.7 Å². The molecule has 3 rings (SSSR count). The van der Waals surface area contributed by atoms with E-state index < -0.39 is 6.36 Å². The lowest BCUT2D eigenvalue weighted by Gasteiger charge is -2.29. The largest absolute Gasteiger partial charge is 0.573 e. The number of halogens is 4. The van der Waals surface area contributed by atoms with E-state index in [1.807, 2.05) is 25.2 Å². The van der Waals surface area contributed by atoms with Gasteiger partial charge in [-0.3, -0.25) is 0 Å². The maximum atomic E-state index is 12.3. The molecule has 0 aromatic heterocycles. The van der Waals surface area contributed by atoms with Crippen molar-refractivity contribution in [2.24, 2.45) is 0 Å². The standard InChI is InChI=1S/C22H27F3N2O2.ClH/c1-26-18-6-8-19(9-7-18)27-14-17-13-16(5-12-21(17)28-2)15-3-10-20(11-4-15)29-22(23,24)25;/h3-5,10-13,18-19,26-27H,6-9,14H2,1-2H3;1H. The second kappa shape index (κ2) is 10.9. The van der Waals surface area contributed by atoms with Gasteiger partial charge in [0.25, 0.3) is 0 Å². The average molecular weight is 445 g/mol. The van der Waals surface area contributed by atoms with Crippen LogP contribution in [0.15, 0.2) is 42.5 Å². The molecule has 0 aliphatic heterocycles. The van der Waals surface area contributed by atoms with Crippen molar-refractivity contribution in [3.63, 3.8) is 0 Å². The molecule has 0 spiro atoms. The number of alkyl halides is 3. The number of hydrogen-bond acceptors (Lipinski definition) is 4. The molecule has 0 atom stereocenters. The topological polar surface area (TPSA) is 42.5 Å². The molecule has 8 heteroatoms. The smallest absolute Gasteiger partial charge is 0.496 e. The molecule has 0 unspecified atom stereocenters. The quantitative estimate of drug-likeness (QED) is 0.608. The van der Waals surface area contributed by atoms with Gasteiger partial charge in [0.1, 0.15) is 11.5 Å². The van der Waals surface area contributed by atoms with E-state index in [2.05, 4.69) is 15.4 Å². The van der Waals surface area contributed by atoms with Crippen LogP contribution in [0.1, 0.15) is 31.2 Å². The summed E-state index contributed by atoms with van der Waals surface area (Å²) in [5.74, 6) is 0.566. The molecule has 0 saturated heterocycles. The van der Waals surface area contributed by atoms with Crippen LogP contribution in [-0.4, -0.2) is 32.6 Å². The summed E-state index contributed by atoms with van der Waals surface area (Å²) in [4.78, 5) is 0. The molecule has 4 nitrogen and oxygen atoms in total. The number of benzene rings is 2. The van der Waals surface area contributed by atoms with E-state index in [0.29, 0.717) is 18.6 Å². The number of methoxy groups -OCH3 is 1. The Balaban J connectivity index is 0.00000320. The molecule has 2 N–H and O–H groups in total. The average Bonchev–Trinajstić information content (AvgIpc) is 2.72. The lowest BCUT2D eigenvalue weighted by Crippen LogP contribution is -2.38. The predicted octanol–water partition coefficient (Wildman–Crippen LogP) is 5.30. The zero-order chi connectivity index (χ0) is 20.9. The van der Waals surface area contributed by atoms with Crippen molar-refractivity contribution in [3.05, 3.63) is 48.0 Å². The minimum Gasteiger partial charge on any atom is -0.496 e. The SMILES string of the molecule is CNC1CCC(NCc2cc(-c3ccc(OC(F)(F)F)cc3)ccc2OC)CC1.Cl. The molecule has 1 fully saturated rings. The summed E-state index contributed by atoms with van der Waals surface area (Å²) in [6, 6.07) is 12.8. The van der Waals surface area contributed by atoms with Gasteiger partial charge in [0.2, 0.25) is 0 Å². The molecular weight excluding hydrogens is 417 g/mol. The fourth-order valence-electron chi connectivity index (χ4n) is 3.79. The second-order valence-corrected chi connectivity index (χ2v) is 7.32. The summed E-state index contributed by atoms with van der Waals surface area (Å²) < 4.78 is 46.4. The Labute approximate surface area is 181 Å². The fraction of sp³-hybridized carbons (Fsp3) is 0.455. The maximum absolute atomic E-state index is 12.3. The van der Waals surface area contributed by atoms with E-state index in [1.54, 1.807) is 19.2 Å². The Morgan fingerprint density at radius 3 is 2.10 bits per heavy atom. The Morgan fingerprint density at radius 2 is 1.53 bits per heavy atom. The highest BCUT2D eigenvalue weighted by molar-refractivity contribution is 5.85. The summed E-state index contributed by atoms with van der Waals surface area (Å²) >= 11 is 0. The van der Waals surface area contributed by atoms with Crippen LogP contribution in [0.4, 0.5) is 13.2 Å². The molecule has 166 valence electrons. The minimum absolute atomic E-state index is 0. The first kappa shape index (κ1) is 24.3. The number of ether oxygens (including phenoxy) is 2. The first-order valence-electron chi connectivity index (χ1n) is 9.81. The van der Waals surface area contributed by atoms with Gasteiger partial charge >= 0.3 is 6.36 Å². The Bertz CT molecular complexity index is 792. The summed E-state index contributed by atoms with van der Waals surface area (Å²) in [5, 5.41) is 6.96. The summed E-state index contributed by atoms with van der Waals surface area (Å²) in [6.45, 7) is 0.682. The van der Waals surface area contributed by atoms with E-state index in [0.717, 1.165) is 48.1 Å². The van der Waals surface area contributed by atoms with Gasteiger partial charge < -0.3 is 20.1 Å². The molecule has 30 heavy (non-hydrogen) atoms. The Morgan fingerprint density at radius 1 is 0.933 bits per heavy atom. The molecule has 1 saturated carbocycles. The van der Waals surface area contributed by atoms with Crippen molar-refractivity contribution in [1.82, 2.24) is 10.6 Å². The van der Waals surface area contributed by atoms with E-state index >= 15 is 0 Å². The van der Waals surface area contributed by atoms with Crippen LogP contribution in [0.25, 0.3) is 11.1 Å². The third-order valence-electron chi connectivity index (χ3n) is 5.42. The molecule has 0 bridgehead atoms. The Kier molecular flexibility index (Phi) is 8.82. The zero-order valence-corrected chi connectivity index (χ0v) is 17.9. The third-order valence-corrected chi connectivity index (χ3v) is 5.42. The van der Waals surface area contributed by atoms with Crippen molar-refractivity contribution in [3.8, 4) is 22.6 Å². The van der Waals surface area contributed by atoms with Gasteiger partial charge in [0.05, 0.1) is 7.11 Å². The van der Waals surface area contributed by atoms with Gasteiger partial charge in [0.15, 0.2) is 0 Å². The highest BCUT2D eigenvalue weighted by Gasteiger charge is 2.31. The molecule has 0 radical (unpaired) electrons. The lowest BCUT2D eigenvalue weighted by molar-refractivity contribution is -0.274. The Hall–Kier alpha value is -1.96. The molecule has 0 heterocycles. The fourth-order valence-corrected chi connectivity index (χ4v) is 3.79. The van der Waals surface area contributed by atoms with Crippen LogP contribution in [0.3, 0.4) is 0 Å². The molecule has 2 aromatic carbocycles. The number of nitrogens with one attached hydrogen (secondary N) is 2. The minimum atomic E-state index is -4.69. The van der Waals surface area contributed by atoms with Crippen molar-refractivity contribution in [2.75, 3.05) is 14.2 Å². The van der Waals surface area contributed by atoms with Crippen LogP contribution < -0.4 is 20.1 Å². The number of rotatable bonds is 7. The summed E-state index contributed by atoms with van der Waals surface area (Å²) in [6.07, 6.45) is -0.0927. The van der Waals surface area contributed by atoms with Crippen LogP contribution in [0, 0.1) is 0 Å². The lowest BCUT2D eigenvalue weighted by atomic mass is 9.91.